The predicted molar refractivity (Wildman–Crippen MR) is 105 cm³/mol. The number of fused-ring (bicyclic) bond motifs is 1. The van der Waals surface area contributed by atoms with E-state index in [4.69, 9.17) is 4.74 Å². The van der Waals surface area contributed by atoms with Crippen molar-refractivity contribution in [1.29, 1.82) is 0 Å². The topological polar surface area (TPSA) is 105 Å². The quantitative estimate of drug-likeness (QED) is 0.773. The standard InChI is InChI=1S/C19H21N3O5S/c1-20-19(24)17-11-22(15-8-3-4-9-16(15)27-17)12-18(23)21-13-6-5-7-14(10-13)28(2,25)26/h3-10,17H,11-12H2,1-2H3,(H,20,24)(H,21,23)/t17-/m1/s1. The van der Waals surface area contributed by atoms with Crippen LogP contribution in [0.4, 0.5) is 11.4 Å². The number of rotatable bonds is 5. The summed E-state index contributed by atoms with van der Waals surface area (Å²) in [6, 6.07) is 13.2. The van der Waals surface area contributed by atoms with Gasteiger partial charge >= 0.3 is 0 Å². The highest BCUT2D eigenvalue weighted by Gasteiger charge is 2.31. The lowest BCUT2D eigenvalue weighted by Gasteiger charge is -2.35. The van der Waals surface area contributed by atoms with Crippen molar-refractivity contribution in [2.45, 2.75) is 11.0 Å². The van der Waals surface area contributed by atoms with Gasteiger partial charge in [-0.25, -0.2) is 8.42 Å². The lowest BCUT2D eigenvalue weighted by atomic mass is 10.1. The Morgan fingerprint density at radius 3 is 2.64 bits per heavy atom. The Bertz CT molecular complexity index is 1010. The molecule has 148 valence electrons. The summed E-state index contributed by atoms with van der Waals surface area (Å²) in [6.45, 7) is 0.199. The number of ether oxygens (including phenoxy) is 1. The Hall–Kier alpha value is -3.07. The zero-order chi connectivity index (χ0) is 20.3. The van der Waals surface area contributed by atoms with Crippen molar-refractivity contribution in [3.8, 4) is 5.75 Å². The molecule has 0 saturated carbocycles. The van der Waals surface area contributed by atoms with Crippen LogP contribution in [0.5, 0.6) is 5.75 Å². The molecule has 0 fully saturated rings. The summed E-state index contributed by atoms with van der Waals surface area (Å²) < 4.78 is 29.1. The molecule has 1 atom stereocenters. The fraction of sp³-hybridized carbons (Fsp3) is 0.263. The Morgan fingerprint density at radius 2 is 1.93 bits per heavy atom. The average Bonchev–Trinajstić information content (AvgIpc) is 2.66. The molecular formula is C19H21N3O5S. The lowest BCUT2D eigenvalue weighted by Crippen LogP contribution is -2.50. The van der Waals surface area contributed by atoms with Crippen LogP contribution in [0.25, 0.3) is 0 Å². The van der Waals surface area contributed by atoms with Gasteiger partial charge in [-0.05, 0) is 30.3 Å². The van der Waals surface area contributed by atoms with Crippen LogP contribution < -0.4 is 20.3 Å². The van der Waals surface area contributed by atoms with Crippen molar-refractivity contribution >= 4 is 33.0 Å². The Kier molecular flexibility index (Phi) is 5.55. The van der Waals surface area contributed by atoms with Gasteiger partial charge in [0.15, 0.2) is 15.9 Å². The van der Waals surface area contributed by atoms with Gasteiger partial charge in [-0.15, -0.1) is 0 Å². The number of carbonyl (C=O) groups excluding carboxylic acids is 2. The molecule has 0 radical (unpaired) electrons. The molecule has 28 heavy (non-hydrogen) atoms. The fourth-order valence-electron chi connectivity index (χ4n) is 2.93. The first-order valence-electron chi connectivity index (χ1n) is 8.60. The summed E-state index contributed by atoms with van der Waals surface area (Å²) in [7, 11) is -1.84. The number of hydrogen-bond donors (Lipinski definition) is 2. The molecule has 0 bridgehead atoms. The van der Waals surface area contributed by atoms with Crippen molar-refractivity contribution in [2.75, 3.05) is 36.6 Å². The summed E-state index contributed by atoms with van der Waals surface area (Å²) in [5.74, 6) is -0.0898. The molecule has 0 spiro atoms. The maximum Gasteiger partial charge on any atom is 0.262 e. The number of likely N-dealkylation sites (N-methyl/N-ethyl adjacent to an activating group) is 1. The third kappa shape index (κ3) is 4.42. The smallest absolute Gasteiger partial charge is 0.262 e. The first kappa shape index (κ1) is 19.7. The van der Waals surface area contributed by atoms with Crippen LogP contribution in [0.15, 0.2) is 53.4 Å². The number of para-hydroxylation sites is 2. The van der Waals surface area contributed by atoms with E-state index in [1.165, 1.54) is 19.2 Å². The minimum absolute atomic E-state index is 0.0169. The van der Waals surface area contributed by atoms with Gasteiger partial charge in [0.25, 0.3) is 5.91 Å². The molecule has 2 aromatic carbocycles. The molecule has 8 nitrogen and oxygen atoms in total. The largest absolute Gasteiger partial charge is 0.477 e. The molecule has 3 rings (SSSR count). The molecule has 2 aromatic rings. The number of nitrogens with one attached hydrogen (secondary N) is 2. The highest BCUT2D eigenvalue weighted by Crippen LogP contribution is 2.33. The molecule has 9 heteroatoms. The maximum atomic E-state index is 12.6. The Labute approximate surface area is 163 Å². The van der Waals surface area contributed by atoms with Crippen LogP contribution in [0, 0.1) is 0 Å². The van der Waals surface area contributed by atoms with Crippen molar-refractivity contribution in [2.24, 2.45) is 0 Å². The molecule has 1 aliphatic heterocycles. The van der Waals surface area contributed by atoms with Gasteiger partial charge < -0.3 is 20.3 Å². The second-order valence-corrected chi connectivity index (χ2v) is 8.43. The number of carbonyl (C=O) groups is 2. The molecule has 2 N–H and O–H groups in total. The van der Waals surface area contributed by atoms with Gasteiger partial charge in [0.05, 0.1) is 23.7 Å². The van der Waals surface area contributed by atoms with E-state index in [1.807, 2.05) is 12.1 Å². The normalized spacial score (nSPS) is 15.9. The summed E-state index contributed by atoms with van der Waals surface area (Å²) in [5.41, 5.74) is 1.10. The minimum Gasteiger partial charge on any atom is -0.477 e. The molecule has 1 aliphatic rings. The Morgan fingerprint density at radius 1 is 1.18 bits per heavy atom. The third-order valence-corrected chi connectivity index (χ3v) is 5.39. The average molecular weight is 403 g/mol. The Balaban J connectivity index is 1.77. The number of benzene rings is 2. The number of amides is 2. The SMILES string of the molecule is CNC(=O)[C@H]1CN(CC(=O)Nc2cccc(S(C)(=O)=O)c2)c2ccccc2O1. The summed E-state index contributed by atoms with van der Waals surface area (Å²) in [4.78, 5) is 26.4. The highest BCUT2D eigenvalue weighted by molar-refractivity contribution is 7.90. The van der Waals surface area contributed by atoms with Crippen LogP contribution in [0.2, 0.25) is 0 Å². The third-order valence-electron chi connectivity index (χ3n) is 4.28. The van der Waals surface area contributed by atoms with E-state index >= 15 is 0 Å². The van der Waals surface area contributed by atoms with E-state index < -0.39 is 15.9 Å². The van der Waals surface area contributed by atoms with Gasteiger partial charge in [0.1, 0.15) is 5.75 Å². The monoisotopic (exact) mass is 403 g/mol. The molecule has 0 aliphatic carbocycles. The summed E-state index contributed by atoms with van der Waals surface area (Å²) in [6.07, 6.45) is 0.374. The number of nitrogens with zero attached hydrogens (tertiary/aromatic N) is 1. The second-order valence-electron chi connectivity index (χ2n) is 6.42. The van der Waals surface area contributed by atoms with E-state index in [1.54, 1.807) is 29.2 Å². The summed E-state index contributed by atoms with van der Waals surface area (Å²) >= 11 is 0. The van der Waals surface area contributed by atoms with Crippen LogP contribution in [0.1, 0.15) is 0 Å². The number of sulfone groups is 1. The van der Waals surface area contributed by atoms with Crippen molar-refractivity contribution in [3.63, 3.8) is 0 Å². The van der Waals surface area contributed by atoms with Gasteiger partial charge in [-0.2, -0.15) is 0 Å². The first-order chi connectivity index (χ1) is 13.3. The highest BCUT2D eigenvalue weighted by atomic mass is 32.2. The van der Waals surface area contributed by atoms with E-state index in [0.717, 1.165) is 6.26 Å². The fourth-order valence-corrected chi connectivity index (χ4v) is 3.60. The van der Waals surface area contributed by atoms with Crippen LogP contribution in [-0.2, 0) is 19.4 Å². The minimum atomic E-state index is -3.37. The molecule has 0 saturated heterocycles. The molecular weight excluding hydrogens is 382 g/mol. The summed E-state index contributed by atoms with van der Waals surface area (Å²) in [5, 5.41) is 5.26. The van der Waals surface area contributed by atoms with E-state index in [0.29, 0.717) is 17.1 Å². The van der Waals surface area contributed by atoms with E-state index in [2.05, 4.69) is 10.6 Å². The molecule has 0 unspecified atom stereocenters. The van der Waals surface area contributed by atoms with Crippen LogP contribution >= 0.6 is 0 Å². The van der Waals surface area contributed by atoms with E-state index in [-0.39, 0.29) is 29.8 Å². The number of hydrogen-bond acceptors (Lipinski definition) is 6. The maximum absolute atomic E-state index is 12.6. The zero-order valence-electron chi connectivity index (χ0n) is 15.5. The van der Waals surface area contributed by atoms with Gasteiger partial charge in [-0.3, -0.25) is 9.59 Å². The van der Waals surface area contributed by atoms with Crippen LogP contribution in [0.3, 0.4) is 0 Å². The van der Waals surface area contributed by atoms with E-state index in [9.17, 15) is 18.0 Å². The lowest BCUT2D eigenvalue weighted by molar-refractivity contribution is -0.127. The van der Waals surface area contributed by atoms with Crippen molar-refractivity contribution in [3.05, 3.63) is 48.5 Å². The molecule has 0 aromatic heterocycles. The molecule has 1 heterocycles. The van der Waals surface area contributed by atoms with Gasteiger partial charge in [0.2, 0.25) is 5.91 Å². The van der Waals surface area contributed by atoms with Crippen LogP contribution in [-0.4, -0.2) is 52.7 Å². The zero-order valence-corrected chi connectivity index (χ0v) is 16.3. The predicted octanol–water partition coefficient (Wildman–Crippen LogP) is 1.04. The molecule has 2 amide bonds. The number of anilines is 2. The van der Waals surface area contributed by atoms with Gasteiger partial charge in [-0.1, -0.05) is 18.2 Å². The van der Waals surface area contributed by atoms with Crippen molar-refractivity contribution < 1.29 is 22.7 Å². The second kappa shape index (κ2) is 7.89. The first-order valence-corrected chi connectivity index (χ1v) is 10.5. The van der Waals surface area contributed by atoms with Crippen molar-refractivity contribution in [1.82, 2.24) is 5.32 Å². The van der Waals surface area contributed by atoms with Gasteiger partial charge in [0, 0.05) is 19.0 Å².